The molecule has 0 N–H and O–H groups in total. The van der Waals surface area contributed by atoms with Crippen LogP contribution in [0.1, 0.15) is 6.92 Å². The lowest BCUT2D eigenvalue weighted by molar-refractivity contribution is 1.08. The van der Waals surface area contributed by atoms with Gasteiger partial charge in [-0.2, -0.15) is 21.0 Å². The van der Waals surface area contributed by atoms with E-state index in [0.717, 1.165) is 0 Å². The van der Waals surface area contributed by atoms with Crippen molar-refractivity contribution in [1.29, 1.82) is 21.0 Å². The minimum absolute atomic E-state index is 0.0478. The molecule has 0 aromatic rings. The fraction of sp³-hybridized carbons (Fsp3) is 0.200. The van der Waals surface area contributed by atoms with E-state index in [2.05, 4.69) is 0 Å². The molecule has 0 aromatic heterocycles. The Kier molecular flexibility index (Phi) is 4.91. The van der Waals surface area contributed by atoms with E-state index in [-0.39, 0.29) is 5.57 Å². The number of nitrogens with zero attached hydrogens (tertiary/aromatic N) is 4. The van der Waals surface area contributed by atoms with Crippen molar-refractivity contribution in [2.45, 2.75) is 6.92 Å². The largest absolute Gasteiger partial charge is 0.197 e. The summed E-state index contributed by atoms with van der Waals surface area (Å²) in [7, 11) is 0. The van der Waals surface area contributed by atoms with Crippen LogP contribution in [0.2, 0.25) is 0 Å². The molecule has 0 aliphatic heterocycles. The standard InChI is InChI=1S/C10H6N4/c1-8(2-9(4-11)5-12)3-10(6-13)7-14/h2-3,9H,1H3/b8-2-. The molecule has 0 saturated heterocycles. The lowest BCUT2D eigenvalue weighted by atomic mass is 10.1. The number of hydrogen-bond donors (Lipinski definition) is 0. The Balaban J connectivity index is 4.87. The van der Waals surface area contributed by atoms with Crippen LogP contribution in [0.3, 0.4) is 0 Å². The molecule has 0 aliphatic rings. The molecule has 0 spiro atoms. The first kappa shape index (κ1) is 11.4. The van der Waals surface area contributed by atoms with E-state index < -0.39 is 5.92 Å². The Labute approximate surface area is 82.2 Å². The Morgan fingerprint density at radius 1 is 1.07 bits per heavy atom. The zero-order chi connectivity index (χ0) is 11.0. The zero-order valence-electron chi connectivity index (χ0n) is 7.52. The predicted octanol–water partition coefficient (Wildman–Crippen LogP) is 1.57. The summed E-state index contributed by atoms with van der Waals surface area (Å²) in [6.45, 7) is 1.62. The highest BCUT2D eigenvalue weighted by Crippen LogP contribution is 2.05. The minimum Gasteiger partial charge on any atom is -0.197 e. The van der Waals surface area contributed by atoms with E-state index in [4.69, 9.17) is 21.0 Å². The van der Waals surface area contributed by atoms with E-state index in [1.807, 2.05) is 0 Å². The lowest BCUT2D eigenvalue weighted by Gasteiger charge is -1.92. The molecular formula is C10H6N4. The summed E-state index contributed by atoms with van der Waals surface area (Å²) < 4.78 is 0. The van der Waals surface area contributed by atoms with Gasteiger partial charge in [-0.3, -0.25) is 0 Å². The van der Waals surface area contributed by atoms with Crippen LogP contribution in [0.5, 0.6) is 0 Å². The van der Waals surface area contributed by atoms with Gasteiger partial charge in [0.1, 0.15) is 17.7 Å². The average Bonchev–Trinajstić information content (AvgIpc) is 2.22. The van der Waals surface area contributed by atoms with Crippen LogP contribution in [0.15, 0.2) is 23.3 Å². The zero-order valence-corrected chi connectivity index (χ0v) is 7.52. The van der Waals surface area contributed by atoms with Gasteiger partial charge >= 0.3 is 0 Å². The molecule has 0 unspecified atom stereocenters. The first-order valence-electron chi connectivity index (χ1n) is 3.67. The topological polar surface area (TPSA) is 95.2 Å². The highest BCUT2D eigenvalue weighted by atomic mass is 14.3. The predicted molar refractivity (Wildman–Crippen MR) is 47.8 cm³/mol. The summed E-state index contributed by atoms with van der Waals surface area (Å²) in [4.78, 5) is 0. The van der Waals surface area contributed by atoms with Crippen molar-refractivity contribution in [1.82, 2.24) is 0 Å². The van der Waals surface area contributed by atoms with E-state index in [1.54, 1.807) is 31.2 Å². The third kappa shape index (κ3) is 3.72. The monoisotopic (exact) mass is 182 g/mol. The molecule has 0 aromatic carbocycles. The van der Waals surface area contributed by atoms with Crippen molar-refractivity contribution in [3.8, 4) is 24.3 Å². The van der Waals surface area contributed by atoms with Crippen LogP contribution in [0, 0.1) is 51.2 Å². The third-order valence-corrected chi connectivity index (χ3v) is 1.32. The fourth-order valence-corrected chi connectivity index (χ4v) is 0.732. The van der Waals surface area contributed by atoms with Gasteiger partial charge in [0.05, 0.1) is 12.1 Å². The van der Waals surface area contributed by atoms with Gasteiger partial charge in [0.25, 0.3) is 0 Å². The minimum atomic E-state index is -0.843. The van der Waals surface area contributed by atoms with E-state index >= 15 is 0 Å². The second-order valence-electron chi connectivity index (χ2n) is 2.43. The summed E-state index contributed by atoms with van der Waals surface area (Å²) in [5.41, 5.74) is 0.504. The Bertz CT molecular complexity index is 399. The van der Waals surface area contributed by atoms with Crippen LogP contribution < -0.4 is 0 Å². The molecule has 0 atom stereocenters. The highest BCUT2D eigenvalue weighted by Gasteiger charge is 2.00. The number of hydrogen-bond acceptors (Lipinski definition) is 4. The molecule has 4 nitrogen and oxygen atoms in total. The van der Waals surface area contributed by atoms with Crippen molar-refractivity contribution in [2.24, 2.45) is 5.92 Å². The Morgan fingerprint density at radius 2 is 1.57 bits per heavy atom. The van der Waals surface area contributed by atoms with Crippen LogP contribution in [-0.2, 0) is 0 Å². The first-order valence-corrected chi connectivity index (χ1v) is 3.67. The second kappa shape index (κ2) is 6.01. The molecule has 66 valence electrons. The molecule has 0 aliphatic carbocycles. The molecule has 4 heteroatoms. The van der Waals surface area contributed by atoms with Gasteiger partial charge in [0.15, 0.2) is 5.92 Å². The fourth-order valence-electron chi connectivity index (χ4n) is 0.732. The number of nitriles is 4. The molecule has 0 amide bonds. The van der Waals surface area contributed by atoms with Crippen molar-refractivity contribution >= 4 is 0 Å². The van der Waals surface area contributed by atoms with Crippen molar-refractivity contribution in [2.75, 3.05) is 0 Å². The molecule has 0 saturated carbocycles. The van der Waals surface area contributed by atoms with Gasteiger partial charge in [-0.1, -0.05) is 11.6 Å². The molecule has 0 bridgehead atoms. The Hall–Kier alpha value is -2.56. The molecule has 0 fully saturated rings. The summed E-state index contributed by atoms with van der Waals surface area (Å²) in [5, 5.41) is 33.8. The van der Waals surface area contributed by atoms with Crippen molar-refractivity contribution < 1.29 is 0 Å². The normalized spacial score (nSPS) is 9.14. The maximum atomic E-state index is 8.46. The van der Waals surface area contributed by atoms with Gasteiger partial charge in [-0.25, -0.2) is 0 Å². The quantitative estimate of drug-likeness (QED) is 0.478. The van der Waals surface area contributed by atoms with Gasteiger partial charge in [-0.05, 0) is 13.0 Å². The molecule has 0 rings (SSSR count). The third-order valence-electron chi connectivity index (χ3n) is 1.32. The van der Waals surface area contributed by atoms with Crippen molar-refractivity contribution in [3.63, 3.8) is 0 Å². The Morgan fingerprint density at radius 3 is 1.93 bits per heavy atom. The van der Waals surface area contributed by atoms with Gasteiger partial charge < -0.3 is 0 Å². The summed E-state index contributed by atoms with van der Waals surface area (Å²) >= 11 is 0. The van der Waals surface area contributed by atoms with E-state index in [0.29, 0.717) is 5.57 Å². The van der Waals surface area contributed by atoms with E-state index in [1.165, 1.54) is 12.2 Å². The number of allylic oxidation sites excluding steroid dienone is 4. The van der Waals surface area contributed by atoms with Crippen LogP contribution in [-0.4, -0.2) is 0 Å². The van der Waals surface area contributed by atoms with Gasteiger partial charge in [0.2, 0.25) is 0 Å². The summed E-state index contributed by atoms with van der Waals surface area (Å²) in [5.74, 6) is -0.843. The number of rotatable bonds is 2. The maximum absolute atomic E-state index is 8.46. The molecular weight excluding hydrogens is 176 g/mol. The van der Waals surface area contributed by atoms with Crippen LogP contribution >= 0.6 is 0 Å². The van der Waals surface area contributed by atoms with Gasteiger partial charge in [-0.15, -0.1) is 0 Å². The average molecular weight is 182 g/mol. The smallest absolute Gasteiger partial charge is 0.151 e. The van der Waals surface area contributed by atoms with Crippen molar-refractivity contribution in [3.05, 3.63) is 23.3 Å². The maximum Gasteiger partial charge on any atom is 0.151 e. The second-order valence-corrected chi connectivity index (χ2v) is 2.43. The first-order chi connectivity index (χ1) is 6.67. The molecule has 0 radical (unpaired) electrons. The SMILES string of the molecule is C/C(C=C(C#N)C#N)=C/C(C#N)C#N. The van der Waals surface area contributed by atoms with E-state index in [9.17, 15) is 0 Å². The lowest BCUT2D eigenvalue weighted by Crippen LogP contribution is -1.87. The summed E-state index contributed by atoms with van der Waals surface area (Å²) in [6.07, 6.45) is 2.73. The van der Waals surface area contributed by atoms with Gasteiger partial charge in [0, 0.05) is 0 Å². The molecule has 14 heavy (non-hydrogen) atoms. The van der Waals surface area contributed by atoms with Crippen LogP contribution in [0.4, 0.5) is 0 Å². The van der Waals surface area contributed by atoms with Crippen LogP contribution in [0.25, 0.3) is 0 Å². The molecule has 0 heterocycles. The highest BCUT2D eigenvalue weighted by molar-refractivity contribution is 5.41. The summed E-state index contributed by atoms with van der Waals surface area (Å²) in [6, 6.07) is 6.89.